The summed E-state index contributed by atoms with van der Waals surface area (Å²) >= 11 is 1.47. The molecule has 0 saturated heterocycles. The van der Waals surface area contributed by atoms with Crippen LogP contribution in [0.4, 0.5) is 5.00 Å². The van der Waals surface area contributed by atoms with Gasteiger partial charge in [-0.15, -0.1) is 11.3 Å². The number of hydrogen-bond donors (Lipinski definition) is 2. The molecule has 2 aliphatic carbocycles. The summed E-state index contributed by atoms with van der Waals surface area (Å²) < 4.78 is 5.32. The highest BCUT2D eigenvalue weighted by molar-refractivity contribution is 7.17. The number of fused-ring (bicyclic) bond motifs is 2. The lowest BCUT2D eigenvalue weighted by molar-refractivity contribution is 0.1000. The van der Waals surface area contributed by atoms with Crippen molar-refractivity contribution in [3.63, 3.8) is 0 Å². The number of carbonyl (C=O) groups excluding carboxylic acids is 2. The zero-order chi connectivity index (χ0) is 17.6. The average Bonchev–Trinajstić information content (AvgIpc) is 3.15. The van der Waals surface area contributed by atoms with Crippen LogP contribution in [0.25, 0.3) is 0 Å². The van der Waals surface area contributed by atoms with E-state index in [1.807, 2.05) is 0 Å². The Morgan fingerprint density at radius 1 is 1.24 bits per heavy atom. The van der Waals surface area contributed by atoms with Crippen molar-refractivity contribution in [2.75, 3.05) is 5.32 Å². The number of carbonyl (C=O) groups is 2. The summed E-state index contributed by atoms with van der Waals surface area (Å²) in [5.74, 6) is 0.592. The molecule has 3 N–H and O–H groups in total. The van der Waals surface area contributed by atoms with Gasteiger partial charge in [-0.1, -0.05) is 12.1 Å². The number of nitrogens with two attached hydrogens (primary N) is 1. The molecule has 2 aromatic heterocycles. The second kappa shape index (κ2) is 6.29. The zero-order valence-corrected chi connectivity index (χ0v) is 15.0. The maximum absolute atomic E-state index is 12.7. The highest BCUT2D eigenvalue weighted by Gasteiger charge is 2.29. The Labute approximate surface area is 149 Å². The number of aryl methyl sites for hydroxylation is 1. The van der Waals surface area contributed by atoms with Gasteiger partial charge in [0, 0.05) is 16.9 Å². The molecule has 2 amide bonds. The van der Waals surface area contributed by atoms with Gasteiger partial charge in [0.2, 0.25) is 0 Å². The van der Waals surface area contributed by atoms with E-state index in [1.54, 1.807) is 0 Å². The van der Waals surface area contributed by atoms with Crippen molar-refractivity contribution < 1.29 is 14.1 Å². The second-order valence-corrected chi connectivity index (χ2v) is 8.12. The third-order valence-electron chi connectivity index (χ3n) is 5.15. The summed E-state index contributed by atoms with van der Waals surface area (Å²) in [5, 5.41) is 7.38. The largest absolute Gasteiger partial charge is 0.365 e. The van der Waals surface area contributed by atoms with E-state index >= 15 is 0 Å². The van der Waals surface area contributed by atoms with Crippen molar-refractivity contribution in [3.05, 3.63) is 33.0 Å². The molecule has 0 bridgehead atoms. The van der Waals surface area contributed by atoms with E-state index in [0.717, 1.165) is 66.7 Å². The van der Waals surface area contributed by atoms with Crippen LogP contribution in [-0.2, 0) is 25.7 Å². The molecule has 1 atom stereocenters. The molecule has 0 saturated carbocycles. The van der Waals surface area contributed by atoms with Gasteiger partial charge in [-0.05, 0) is 50.0 Å². The first-order valence-electron chi connectivity index (χ1n) is 8.77. The van der Waals surface area contributed by atoms with Crippen LogP contribution in [0.15, 0.2) is 4.52 Å². The Morgan fingerprint density at radius 2 is 2.04 bits per heavy atom. The first-order valence-corrected chi connectivity index (χ1v) is 9.59. The Kier molecular flexibility index (Phi) is 4.11. The van der Waals surface area contributed by atoms with Gasteiger partial charge in [0.15, 0.2) is 5.69 Å². The minimum atomic E-state index is -0.482. The van der Waals surface area contributed by atoms with Crippen LogP contribution in [0.2, 0.25) is 0 Å². The van der Waals surface area contributed by atoms with E-state index in [2.05, 4.69) is 17.4 Å². The normalized spacial score (nSPS) is 19.2. The van der Waals surface area contributed by atoms with E-state index in [4.69, 9.17) is 10.3 Å². The average molecular weight is 359 g/mol. The Bertz CT molecular complexity index is 852. The summed E-state index contributed by atoms with van der Waals surface area (Å²) in [6.45, 7) is 2.20. The predicted molar refractivity (Wildman–Crippen MR) is 95.1 cm³/mol. The number of nitrogens with zero attached hydrogens (tertiary/aromatic N) is 1. The van der Waals surface area contributed by atoms with Gasteiger partial charge >= 0.3 is 0 Å². The van der Waals surface area contributed by atoms with Crippen molar-refractivity contribution in [3.8, 4) is 0 Å². The van der Waals surface area contributed by atoms with Crippen LogP contribution in [0.1, 0.15) is 68.8 Å². The van der Waals surface area contributed by atoms with Gasteiger partial charge < -0.3 is 15.6 Å². The van der Waals surface area contributed by atoms with Gasteiger partial charge in [-0.2, -0.15) is 0 Å². The molecule has 0 fully saturated rings. The van der Waals surface area contributed by atoms with Crippen molar-refractivity contribution in [2.45, 2.75) is 51.9 Å². The molecule has 2 heterocycles. The Morgan fingerprint density at radius 3 is 2.84 bits per heavy atom. The first-order chi connectivity index (χ1) is 12.0. The third kappa shape index (κ3) is 2.86. The van der Waals surface area contributed by atoms with Crippen LogP contribution in [-0.4, -0.2) is 17.0 Å². The van der Waals surface area contributed by atoms with Gasteiger partial charge in [0.1, 0.15) is 10.8 Å². The highest BCUT2D eigenvalue weighted by Crippen LogP contribution is 2.39. The molecule has 2 aromatic rings. The lowest BCUT2D eigenvalue weighted by Crippen LogP contribution is -2.20. The van der Waals surface area contributed by atoms with Crippen LogP contribution in [0.5, 0.6) is 0 Å². The van der Waals surface area contributed by atoms with E-state index < -0.39 is 5.91 Å². The summed E-state index contributed by atoms with van der Waals surface area (Å²) in [6, 6.07) is 0. The summed E-state index contributed by atoms with van der Waals surface area (Å²) in [7, 11) is 0. The van der Waals surface area contributed by atoms with Gasteiger partial charge in [0.25, 0.3) is 11.8 Å². The van der Waals surface area contributed by atoms with Crippen LogP contribution >= 0.6 is 11.3 Å². The number of thiophene rings is 1. The van der Waals surface area contributed by atoms with E-state index in [0.29, 0.717) is 22.2 Å². The van der Waals surface area contributed by atoms with Crippen molar-refractivity contribution in [1.82, 2.24) is 5.16 Å². The van der Waals surface area contributed by atoms with Gasteiger partial charge in [0.05, 0.1) is 5.56 Å². The molecule has 0 radical (unpaired) electrons. The molecule has 6 nitrogen and oxygen atoms in total. The number of hydrogen-bond acceptors (Lipinski definition) is 5. The third-order valence-corrected chi connectivity index (χ3v) is 6.32. The monoisotopic (exact) mass is 359 g/mol. The number of nitrogens with one attached hydrogen (secondary N) is 1. The summed E-state index contributed by atoms with van der Waals surface area (Å²) in [6.07, 6.45) is 6.53. The maximum atomic E-state index is 12.7. The molecular weight excluding hydrogens is 338 g/mol. The SMILES string of the molecule is C[C@@H]1CCc2c(sc(NC(=O)c3noc4c3CCCC4)c2C(N)=O)C1. The van der Waals surface area contributed by atoms with Gasteiger partial charge in [-0.3, -0.25) is 9.59 Å². The number of rotatable bonds is 3. The number of amides is 2. The Hall–Kier alpha value is -2.15. The molecule has 0 aliphatic heterocycles. The number of aromatic nitrogens is 1. The molecule has 0 aromatic carbocycles. The minimum absolute atomic E-state index is 0.318. The van der Waals surface area contributed by atoms with Crippen LogP contribution < -0.4 is 11.1 Å². The zero-order valence-electron chi connectivity index (χ0n) is 14.2. The summed E-state index contributed by atoms with van der Waals surface area (Å²) in [4.78, 5) is 25.9. The Balaban J connectivity index is 1.65. The fraction of sp³-hybridized carbons (Fsp3) is 0.500. The standard InChI is InChI=1S/C18H21N3O3S/c1-9-6-7-11-13(8-9)25-18(14(11)16(19)22)20-17(23)15-10-4-2-3-5-12(10)24-21-15/h9H,2-8H2,1H3,(H2,19,22)(H,20,23)/t9-/m1/s1. The fourth-order valence-electron chi connectivity index (χ4n) is 3.82. The summed E-state index contributed by atoms with van der Waals surface area (Å²) in [5.41, 5.74) is 8.32. The molecule has 2 aliphatic rings. The minimum Gasteiger partial charge on any atom is -0.365 e. The molecular formula is C18H21N3O3S. The quantitative estimate of drug-likeness (QED) is 0.880. The van der Waals surface area contributed by atoms with E-state index in [-0.39, 0.29) is 5.91 Å². The van der Waals surface area contributed by atoms with Crippen LogP contribution in [0, 0.1) is 5.92 Å². The van der Waals surface area contributed by atoms with Crippen LogP contribution in [0.3, 0.4) is 0 Å². The molecule has 0 spiro atoms. The second-order valence-electron chi connectivity index (χ2n) is 7.01. The first kappa shape index (κ1) is 16.3. The smallest absolute Gasteiger partial charge is 0.278 e. The van der Waals surface area contributed by atoms with Gasteiger partial charge in [-0.25, -0.2) is 0 Å². The lowest BCUT2D eigenvalue weighted by Gasteiger charge is -2.18. The fourth-order valence-corrected chi connectivity index (χ4v) is 5.24. The predicted octanol–water partition coefficient (Wildman–Crippen LogP) is 3.09. The topological polar surface area (TPSA) is 98.2 Å². The van der Waals surface area contributed by atoms with Crippen molar-refractivity contribution in [2.24, 2.45) is 11.7 Å². The van der Waals surface area contributed by atoms with E-state index in [1.165, 1.54) is 11.3 Å². The molecule has 7 heteroatoms. The number of primary amides is 1. The van der Waals surface area contributed by atoms with E-state index in [9.17, 15) is 9.59 Å². The highest BCUT2D eigenvalue weighted by atomic mass is 32.1. The molecule has 0 unspecified atom stereocenters. The molecule has 132 valence electrons. The molecule has 25 heavy (non-hydrogen) atoms. The van der Waals surface area contributed by atoms with Crippen molar-refractivity contribution in [1.29, 1.82) is 0 Å². The molecule has 4 rings (SSSR count). The van der Waals surface area contributed by atoms with Crippen molar-refractivity contribution >= 4 is 28.2 Å². The lowest BCUT2D eigenvalue weighted by atomic mass is 9.88. The maximum Gasteiger partial charge on any atom is 0.278 e. The number of anilines is 1.